The molecule has 176 valence electrons. The van der Waals surface area contributed by atoms with Crippen LogP contribution in [0.15, 0.2) is 18.2 Å². The van der Waals surface area contributed by atoms with Crippen LogP contribution < -0.4 is 0 Å². The predicted octanol–water partition coefficient (Wildman–Crippen LogP) is 0.141. The number of aliphatic hydroxyl groups excluding tert-OH is 2. The second kappa shape index (κ2) is 7.90. The van der Waals surface area contributed by atoms with Crippen molar-refractivity contribution in [1.82, 2.24) is 0 Å². The van der Waals surface area contributed by atoms with Gasteiger partial charge in [-0.05, 0) is 24.6 Å². The highest BCUT2D eigenvalue weighted by Gasteiger charge is 2.53. The fraction of sp³-hybridized carbons (Fsp3) is 0.333. The SMILES string of the molecule is O=C(OC1C(O)C(CO)CC2c3c(cc(O)c(O)c3O)C(=O)OC21)c1cc(O)c(O)c(O)c1. The van der Waals surface area contributed by atoms with Gasteiger partial charge in [-0.25, -0.2) is 9.59 Å². The van der Waals surface area contributed by atoms with E-state index >= 15 is 0 Å². The summed E-state index contributed by atoms with van der Waals surface area (Å²) >= 11 is 0. The first kappa shape index (κ1) is 22.3. The fourth-order valence-corrected chi connectivity index (χ4v) is 4.35. The lowest BCUT2D eigenvalue weighted by Gasteiger charge is -2.45. The van der Waals surface area contributed by atoms with E-state index < -0.39 is 88.8 Å². The molecule has 2 aromatic carbocycles. The van der Waals surface area contributed by atoms with Crippen molar-refractivity contribution in [2.75, 3.05) is 6.61 Å². The predicted molar refractivity (Wildman–Crippen MR) is 105 cm³/mol. The average Bonchev–Trinajstić information content (AvgIpc) is 2.77. The summed E-state index contributed by atoms with van der Waals surface area (Å²) in [5.74, 6) is -8.93. The van der Waals surface area contributed by atoms with Crippen LogP contribution in [0.1, 0.15) is 38.6 Å². The molecule has 2 aliphatic rings. The zero-order valence-electron chi connectivity index (χ0n) is 16.7. The zero-order chi connectivity index (χ0) is 24.2. The Morgan fingerprint density at radius 3 is 2.18 bits per heavy atom. The molecule has 0 aromatic heterocycles. The van der Waals surface area contributed by atoms with Gasteiger partial charge < -0.3 is 50.3 Å². The summed E-state index contributed by atoms with van der Waals surface area (Å²) in [7, 11) is 0. The highest BCUT2D eigenvalue weighted by molar-refractivity contribution is 5.95. The number of hydrogen-bond donors (Lipinski definition) is 8. The number of benzene rings is 2. The molecule has 8 N–H and O–H groups in total. The molecule has 12 heteroatoms. The number of aromatic hydroxyl groups is 6. The average molecular weight is 464 g/mol. The molecule has 12 nitrogen and oxygen atoms in total. The van der Waals surface area contributed by atoms with E-state index in [1.807, 2.05) is 0 Å². The molecule has 5 atom stereocenters. The van der Waals surface area contributed by atoms with Gasteiger partial charge in [0.25, 0.3) is 0 Å². The lowest BCUT2D eigenvalue weighted by molar-refractivity contribution is -0.138. The van der Waals surface area contributed by atoms with Gasteiger partial charge in [-0.3, -0.25) is 0 Å². The maximum atomic E-state index is 12.7. The second-order valence-corrected chi connectivity index (χ2v) is 7.93. The summed E-state index contributed by atoms with van der Waals surface area (Å²) in [6, 6.07) is 2.52. The zero-order valence-corrected chi connectivity index (χ0v) is 16.7. The molecule has 33 heavy (non-hydrogen) atoms. The second-order valence-electron chi connectivity index (χ2n) is 7.93. The van der Waals surface area contributed by atoms with Crippen molar-refractivity contribution in [3.63, 3.8) is 0 Å². The van der Waals surface area contributed by atoms with Crippen molar-refractivity contribution < 1.29 is 59.9 Å². The van der Waals surface area contributed by atoms with E-state index in [2.05, 4.69) is 0 Å². The maximum Gasteiger partial charge on any atom is 0.339 e. The highest BCUT2D eigenvalue weighted by Crippen LogP contribution is 2.51. The molecule has 0 saturated heterocycles. The molecule has 0 amide bonds. The lowest BCUT2D eigenvalue weighted by atomic mass is 9.70. The number of rotatable bonds is 3. The first-order chi connectivity index (χ1) is 15.5. The molecule has 1 aliphatic carbocycles. The van der Waals surface area contributed by atoms with E-state index in [0.29, 0.717) is 0 Å². The van der Waals surface area contributed by atoms with Crippen molar-refractivity contribution in [3.8, 4) is 34.5 Å². The molecular weight excluding hydrogens is 444 g/mol. The maximum absolute atomic E-state index is 12.7. The number of carbonyl (C=O) groups is 2. The number of aliphatic hydroxyl groups is 2. The van der Waals surface area contributed by atoms with Crippen LogP contribution in [0.25, 0.3) is 0 Å². The van der Waals surface area contributed by atoms with Crippen LogP contribution >= 0.6 is 0 Å². The number of phenolic OH excluding ortho intramolecular Hbond substituents is 6. The van der Waals surface area contributed by atoms with Gasteiger partial charge in [0.1, 0.15) is 6.10 Å². The Morgan fingerprint density at radius 1 is 0.970 bits per heavy atom. The largest absolute Gasteiger partial charge is 0.504 e. The summed E-state index contributed by atoms with van der Waals surface area (Å²) < 4.78 is 10.7. The third kappa shape index (κ3) is 3.49. The minimum atomic E-state index is -1.56. The standard InChI is InChI=1S/C21H20O12/c22-5-7-1-8-13-9(4-12(25)16(28)17(13)29)21(31)32-18(8)19(14(7)26)33-20(30)6-2-10(23)15(27)11(24)3-6/h2-4,7-8,14,18-19,22-29H,1,5H2. The summed E-state index contributed by atoms with van der Waals surface area (Å²) in [5, 5.41) is 79.3. The van der Waals surface area contributed by atoms with E-state index in [1.54, 1.807) is 0 Å². The number of esters is 2. The first-order valence-corrected chi connectivity index (χ1v) is 9.78. The van der Waals surface area contributed by atoms with Crippen LogP contribution in [-0.4, -0.2) is 77.7 Å². The number of carbonyl (C=O) groups excluding carboxylic acids is 2. The van der Waals surface area contributed by atoms with E-state index in [9.17, 15) is 50.4 Å². The molecule has 1 aliphatic heterocycles. The van der Waals surface area contributed by atoms with E-state index in [1.165, 1.54) is 0 Å². The number of fused-ring (bicyclic) bond motifs is 3. The van der Waals surface area contributed by atoms with Crippen molar-refractivity contribution in [1.29, 1.82) is 0 Å². The Kier molecular flexibility index (Phi) is 5.34. The molecule has 4 rings (SSSR count). The molecule has 1 heterocycles. The van der Waals surface area contributed by atoms with Crippen LogP contribution in [0.4, 0.5) is 0 Å². The first-order valence-electron chi connectivity index (χ1n) is 9.78. The Bertz CT molecular complexity index is 1120. The topological polar surface area (TPSA) is 214 Å². The Labute approximate surface area is 185 Å². The number of ether oxygens (including phenoxy) is 2. The van der Waals surface area contributed by atoms with Crippen molar-refractivity contribution in [2.24, 2.45) is 5.92 Å². The van der Waals surface area contributed by atoms with Gasteiger partial charge in [-0.15, -0.1) is 0 Å². The molecule has 0 spiro atoms. The summed E-state index contributed by atoms with van der Waals surface area (Å²) in [4.78, 5) is 25.2. The van der Waals surface area contributed by atoms with Crippen LogP contribution in [0.5, 0.6) is 34.5 Å². The molecular formula is C21H20O12. The van der Waals surface area contributed by atoms with E-state index in [0.717, 1.165) is 18.2 Å². The Hall–Kier alpha value is -3.90. The number of phenols is 6. The molecule has 5 unspecified atom stereocenters. The van der Waals surface area contributed by atoms with E-state index in [4.69, 9.17) is 9.47 Å². The lowest BCUT2D eigenvalue weighted by Crippen LogP contribution is -2.56. The van der Waals surface area contributed by atoms with Gasteiger partial charge in [-0.1, -0.05) is 0 Å². The molecule has 1 saturated carbocycles. The smallest absolute Gasteiger partial charge is 0.339 e. The Morgan fingerprint density at radius 2 is 1.58 bits per heavy atom. The van der Waals surface area contributed by atoms with Crippen LogP contribution in [0, 0.1) is 5.92 Å². The monoisotopic (exact) mass is 464 g/mol. The third-order valence-electron chi connectivity index (χ3n) is 6.01. The molecule has 1 fully saturated rings. The van der Waals surface area contributed by atoms with Gasteiger partial charge in [0.15, 0.2) is 34.9 Å². The minimum Gasteiger partial charge on any atom is -0.504 e. The van der Waals surface area contributed by atoms with Gasteiger partial charge in [-0.2, -0.15) is 0 Å². The van der Waals surface area contributed by atoms with Crippen molar-refractivity contribution in [3.05, 3.63) is 34.9 Å². The quantitative estimate of drug-likeness (QED) is 0.225. The summed E-state index contributed by atoms with van der Waals surface area (Å²) in [6.07, 6.45) is -4.45. The van der Waals surface area contributed by atoms with Crippen molar-refractivity contribution in [2.45, 2.75) is 30.7 Å². The van der Waals surface area contributed by atoms with Gasteiger partial charge in [0.2, 0.25) is 5.75 Å². The molecule has 2 aromatic rings. The fourth-order valence-electron chi connectivity index (χ4n) is 4.35. The van der Waals surface area contributed by atoms with Gasteiger partial charge in [0, 0.05) is 24.0 Å². The minimum absolute atomic E-state index is 0.0325. The third-order valence-corrected chi connectivity index (χ3v) is 6.01. The molecule has 0 radical (unpaired) electrons. The Balaban J connectivity index is 1.74. The van der Waals surface area contributed by atoms with Crippen molar-refractivity contribution >= 4 is 11.9 Å². The van der Waals surface area contributed by atoms with Crippen LogP contribution in [0.3, 0.4) is 0 Å². The summed E-state index contributed by atoms with van der Waals surface area (Å²) in [6.45, 7) is -0.562. The van der Waals surface area contributed by atoms with Gasteiger partial charge in [0.05, 0.1) is 17.2 Å². The number of hydrogen-bond acceptors (Lipinski definition) is 12. The van der Waals surface area contributed by atoms with E-state index in [-0.39, 0.29) is 17.5 Å². The molecule has 0 bridgehead atoms. The normalized spacial score (nSPS) is 26.1. The highest BCUT2D eigenvalue weighted by atomic mass is 16.6. The summed E-state index contributed by atoms with van der Waals surface area (Å²) in [5.41, 5.74) is -0.737. The van der Waals surface area contributed by atoms with Gasteiger partial charge >= 0.3 is 11.9 Å². The van der Waals surface area contributed by atoms with Crippen LogP contribution in [-0.2, 0) is 9.47 Å². The van der Waals surface area contributed by atoms with Crippen LogP contribution in [0.2, 0.25) is 0 Å².